The highest BCUT2D eigenvalue weighted by molar-refractivity contribution is 6.26. The first-order valence-corrected chi connectivity index (χ1v) is 22.7. The normalized spacial score (nSPS) is 11.6. The summed E-state index contributed by atoms with van der Waals surface area (Å²) in [7, 11) is 0. The van der Waals surface area contributed by atoms with Gasteiger partial charge in [-0.1, -0.05) is 133 Å². The van der Waals surface area contributed by atoms with E-state index in [0.29, 0.717) is 0 Å². The third-order valence-corrected chi connectivity index (χ3v) is 13.4. The van der Waals surface area contributed by atoms with Crippen LogP contribution in [-0.4, -0.2) is 0 Å². The van der Waals surface area contributed by atoms with Crippen LogP contribution in [0.15, 0.2) is 215 Å². The Labute approximate surface area is 384 Å². The molecule has 4 nitrogen and oxygen atoms in total. The van der Waals surface area contributed by atoms with Crippen molar-refractivity contribution in [3.8, 4) is 22.3 Å². The maximum Gasteiger partial charge on any atom is 0.143 e. The average Bonchev–Trinajstić information content (AvgIpc) is 3.90. The van der Waals surface area contributed by atoms with Gasteiger partial charge in [-0.3, -0.25) is 0 Å². The van der Waals surface area contributed by atoms with Crippen molar-refractivity contribution in [3.05, 3.63) is 229 Å². The Bertz CT molecular complexity index is 3480. The van der Waals surface area contributed by atoms with E-state index in [4.69, 9.17) is 8.83 Å². The Hall–Kier alpha value is -8.34. The van der Waals surface area contributed by atoms with Crippen LogP contribution < -0.4 is 9.80 Å². The largest absolute Gasteiger partial charge is 0.455 e. The summed E-state index contributed by atoms with van der Waals surface area (Å²) in [6.45, 7) is 8.69. The molecule has 0 aliphatic heterocycles. The van der Waals surface area contributed by atoms with Gasteiger partial charge in [0.05, 0.1) is 0 Å². The lowest BCUT2D eigenvalue weighted by Crippen LogP contribution is -2.12. The lowest BCUT2D eigenvalue weighted by molar-refractivity contribution is 0.669. The monoisotopic (exact) mass is 850 g/mol. The number of benzene rings is 10. The van der Waals surface area contributed by atoms with Crippen LogP contribution in [0.25, 0.3) is 76.9 Å². The van der Waals surface area contributed by atoms with Crippen LogP contribution in [0.1, 0.15) is 22.3 Å². The van der Waals surface area contributed by atoms with E-state index in [1.54, 1.807) is 0 Å². The molecule has 0 bridgehead atoms. The quantitative estimate of drug-likeness (QED) is 0.152. The van der Waals surface area contributed by atoms with Crippen molar-refractivity contribution >= 4 is 88.8 Å². The lowest BCUT2D eigenvalue weighted by atomic mass is 9.89. The first-order chi connectivity index (χ1) is 32.4. The lowest BCUT2D eigenvalue weighted by Gasteiger charge is -2.28. The standard InChI is InChI=1S/C62H46N2O2/c1-39-19-11-15-27-53(39)63(54-28-16-12-20-40(54)2)45-31-33-47-51-37-49-50(59(43-23-7-5-8-24-43)61(51)65-57(47)35-45)38-52-48-34-32-46(36-58(48)66-62(52)60(49)44-25-9-6-10-26-44)64(55-29-17-13-21-41(55)3)56-30-18-14-22-42(56)4/h5-38H,1-4H3. The summed E-state index contributed by atoms with van der Waals surface area (Å²) in [6.07, 6.45) is 0. The number of rotatable bonds is 8. The molecule has 0 N–H and O–H groups in total. The Morgan fingerprint density at radius 1 is 0.288 bits per heavy atom. The molecule has 2 aromatic heterocycles. The fraction of sp³-hybridized carbons (Fsp3) is 0.0645. The molecule has 0 spiro atoms. The maximum atomic E-state index is 7.19. The summed E-state index contributed by atoms with van der Waals surface area (Å²) in [5, 5.41) is 6.45. The number of hydrogen-bond donors (Lipinski definition) is 0. The molecular weight excluding hydrogens is 805 g/mol. The Morgan fingerprint density at radius 2 is 0.606 bits per heavy atom. The smallest absolute Gasteiger partial charge is 0.143 e. The van der Waals surface area contributed by atoms with Gasteiger partial charge in [0.2, 0.25) is 0 Å². The number of nitrogens with zero attached hydrogens (tertiary/aromatic N) is 2. The summed E-state index contributed by atoms with van der Waals surface area (Å²) in [5.41, 5.74) is 19.1. The SMILES string of the molecule is Cc1ccccc1N(c1ccc2c(c1)oc1c(-c3ccccc3)c3cc4c(oc5cc(N(c6ccccc6C)c6ccccc6C)ccc54)c(-c4ccccc4)c3cc12)c1ccccc1C. The molecule has 0 radical (unpaired) electrons. The van der Waals surface area contributed by atoms with Crippen LogP contribution >= 0.6 is 0 Å². The van der Waals surface area contributed by atoms with Crippen LogP contribution in [0.5, 0.6) is 0 Å². The van der Waals surface area contributed by atoms with Gasteiger partial charge in [0.15, 0.2) is 0 Å². The van der Waals surface area contributed by atoms with E-state index in [1.807, 2.05) is 0 Å². The van der Waals surface area contributed by atoms with Crippen molar-refractivity contribution in [2.45, 2.75) is 27.7 Å². The topological polar surface area (TPSA) is 32.8 Å². The molecule has 0 unspecified atom stereocenters. The minimum atomic E-state index is 0.831. The molecule has 316 valence electrons. The van der Waals surface area contributed by atoms with Crippen LogP contribution in [0.3, 0.4) is 0 Å². The highest BCUT2D eigenvalue weighted by Gasteiger charge is 2.25. The Morgan fingerprint density at radius 3 is 0.939 bits per heavy atom. The zero-order valence-electron chi connectivity index (χ0n) is 37.3. The second-order valence-corrected chi connectivity index (χ2v) is 17.5. The van der Waals surface area contributed by atoms with Gasteiger partial charge in [-0.25, -0.2) is 0 Å². The van der Waals surface area contributed by atoms with Gasteiger partial charge in [0.1, 0.15) is 22.3 Å². The molecule has 2 heterocycles. The van der Waals surface area contributed by atoms with Crippen LogP contribution in [-0.2, 0) is 0 Å². The third-order valence-electron chi connectivity index (χ3n) is 13.4. The molecule has 0 saturated carbocycles. The van der Waals surface area contributed by atoms with E-state index in [2.05, 4.69) is 244 Å². The van der Waals surface area contributed by atoms with Crippen LogP contribution in [0.4, 0.5) is 34.1 Å². The number of para-hydroxylation sites is 4. The number of fused-ring (bicyclic) bond motifs is 7. The molecule has 0 amide bonds. The first kappa shape index (κ1) is 39.3. The predicted octanol–water partition coefficient (Wildman–Crippen LogP) is 18.1. The number of hydrogen-bond acceptors (Lipinski definition) is 4. The summed E-state index contributed by atoms with van der Waals surface area (Å²) in [5.74, 6) is 0. The van der Waals surface area contributed by atoms with Gasteiger partial charge in [0, 0.05) is 78.9 Å². The summed E-state index contributed by atoms with van der Waals surface area (Å²) >= 11 is 0. The molecule has 4 heteroatoms. The zero-order valence-corrected chi connectivity index (χ0v) is 37.3. The van der Waals surface area contributed by atoms with Crippen molar-refractivity contribution in [1.29, 1.82) is 0 Å². The Balaban J connectivity index is 1.13. The van der Waals surface area contributed by atoms with E-state index >= 15 is 0 Å². The van der Waals surface area contributed by atoms with Gasteiger partial charge in [-0.15, -0.1) is 0 Å². The molecule has 0 aliphatic rings. The molecule has 0 aliphatic carbocycles. The van der Waals surface area contributed by atoms with E-state index < -0.39 is 0 Å². The summed E-state index contributed by atoms with van der Waals surface area (Å²) < 4.78 is 14.4. The summed E-state index contributed by atoms with van der Waals surface area (Å²) in [6, 6.07) is 73.7. The predicted molar refractivity (Wildman–Crippen MR) is 278 cm³/mol. The highest BCUT2D eigenvalue weighted by atomic mass is 16.3. The molecule has 10 aromatic carbocycles. The van der Waals surface area contributed by atoms with Crippen LogP contribution in [0, 0.1) is 27.7 Å². The molecular formula is C62H46N2O2. The fourth-order valence-corrected chi connectivity index (χ4v) is 10.1. The fourth-order valence-electron chi connectivity index (χ4n) is 10.1. The summed E-state index contributed by atoms with van der Waals surface area (Å²) in [4.78, 5) is 4.71. The maximum absolute atomic E-state index is 7.19. The van der Waals surface area contributed by atoms with Crippen molar-refractivity contribution in [3.63, 3.8) is 0 Å². The molecule has 12 aromatic rings. The Kier molecular flexibility index (Phi) is 9.35. The zero-order chi connectivity index (χ0) is 44.5. The number of furan rings is 2. The van der Waals surface area contributed by atoms with Gasteiger partial charge < -0.3 is 18.6 Å². The molecule has 12 rings (SSSR count). The van der Waals surface area contributed by atoms with E-state index in [9.17, 15) is 0 Å². The van der Waals surface area contributed by atoms with E-state index in [-0.39, 0.29) is 0 Å². The van der Waals surface area contributed by atoms with Crippen molar-refractivity contribution in [2.75, 3.05) is 9.80 Å². The van der Waals surface area contributed by atoms with Gasteiger partial charge in [-0.2, -0.15) is 0 Å². The molecule has 0 atom stereocenters. The van der Waals surface area contributed by atoms with Gasteiger partial charge >= 0.3 is 0 Å². The molecule has 66 heavy (non-hydrogen) atoms. The second-order valence-electron chi connectivity index (χ2n) is 17.5. The van der Waals surface area contributed by atoms with E-state index in [0.717, 1.165) is 111 Å². The van der Waals surface area contributed by atoms with Crippen LogP contribution in [0.2, 0.25) is 0 Å². The van der Waals surface area contributed by atoms with Crippen molar-refractivity contribution in [2.24, 2.45) is 0 Å². The third kappa shape index (κ3) is 6.36. The molecule has 0 fully saturated rings. The van der Waals surface area contributed by atoms with E-state index in [1.165, 1.54) is 22.3 Å². The highest BCUT2D eigenvalue weighted by Crippen LogP contribution is 2.50. The second kappa shape index (κ2) is 15.7. The average molecular weight is 851 g/mol. The minimum Gasteiger partial charge on any atom is -0.455 e. The van der Waals surface area contributed by atoms with Gasteiger partial charge in [0.25, 0.3) is 0 Å². The first-order valence-electron chi connectivity index (χ1n) is 22.7. The van der Waals surface area contributed by atoms with Crippen molar-refractivity contribution < 1.29 is 8.83 Å². The van der Waals surface area contributed by atoms with Gasteiger partial charge in [-0.05, 0) is 133 Å². The molecule has 0 saturated heterocycles. The number of anilines is 6. The van der Waals surface area contributed by atoms with Crippen molar-refractivity contribution in [1.82, 2.24) is 0 Å². The number of aryl methyl sites for hydroxylation is 4. The minimum absolute atomic E-state index is 0.831.